The first-order valence-corrected chi connectivity index (χ1v) is 7.33. The van der Waals surface area contributed by atoms with Crippen molar-refractivity contribution in [1.82, 2.24) is 5.32 Å². The average molecular weight is 324 g/mol. The largest absolute Gasteiger partial charge is 0.502 e. The number of nitro benzene ring substituents is 1. The molecular weight excluding hydrogens is 304 g/mol. The zero-order valence-electron chi connectivity index (χ0n) is 12.8. The minimum Gasteiger partial charge on any atom is -0.502 e. The normalized spacial score (nSPS) is 11.7. The molecule has 23 heavy (non-hydrogen) atoms. The van der Waals surface area contributed by atoms with Crippen molar-refractivity contribution in [3.8, 4) is 5.75 Å². The highest BCUT2D eigenvalue weighted by molar-refractivity contribution is 5.83. The highest BCUT2D eigenvalue weighted by Crippen LogP contribution is 2.26. The Morgan fingerprint density at radius 1 is 1.35 bits per heavy atom. The fraction of sp³-hybridized carbons (Fsp3) is 0.467. The Balaban J connectivity index is 2.76. The maximum atomic E-state index is 11.7. The lowest BCUT2D eigenvalue weighted by Gasteiger charge is -2.14. The van der Waals surface area contributed by atoms with Crippen LogP contribution in [-0.2, 0) is 16.0 Å². The number of hydrogen-bond donors (Lipinski definition) is 3. The third-order valence-electron chi connectivity index (χ3n) is 3.32. The molecule has 0 radical (unpaired) electrons. The Morgan fingerprint density at radius 3 is 2.61 bits per heavy atom. The highest BCUT2D eigenvalue weighted by atomic mass is 16.6. The van der Waals surface area contributed by atoms with E-state index in [0.717, 1.165) is 25.0 Å². The molecule has 0 saturated carbocycles. The number of nitro groups is 1. The van der Waals surface area contributed by atoms with Crippen LogP contribution in [0.4, 0.5) is 5.69 Å². The van der Waals surface area contributed by atoms with Gasteiger partial charge in [-0.2, -0.15) is 0 Å². The van der Waals surface area contributed by atoms with Gasteiger partial charge in [0.15, 0.2) is 5.75 Å². The van der Waals surface area contributed by atoms with Crippen molar-refractivity contribution in [3.63, 3.8) is 0 Å². The second-order valence-electron chi connectivity index (χ2n) is 5.20. The molecule has 1 atom stereocenters. The molecule has 1 amide bonds. The van der Waals surface area contributed by atoms with Crippen molar-refractivity contribution in [2.75, 3.05) is 0 Å². The van der Waals surface area contributed by atoms with Gasteiger partial charge < -0.3 is 15.5 Å². The first kappa shape index (κ1) is 18.4. The first-order valence-electron chi connectivity index (χ1n) is 7.33. The number of nitrogens with zero attached hydrogens (tertiary/aromatic N) is 1. The van der Waals surface area contributed by atoms with Crippen LogP contribution in [0.25, 0.3) is 0 Å². The second kappa shape index (κ2) is 8.72. The zero-order valence-corrected chi connectivity index (χ0v) is 12.8. The van der Waals surface area contributed by atoms with Crippen LogP contribution in [-0.4, -0.2) is 33.1 Å². The molecule has 0 unspecified atom stereocenters. The number of aliphatic carboxylic acids is 1. The number of amides is 1. The van der Waals surface area contributed by atoms with E-state index in [2.05, 4.69) is 5.32 Å². The second-order valence-corrected chi connectivity index (χ2v) is 5.20. The molecule has 0 bridgehead atoms. The quantitative estimate of drug-likeness (QED) is 0.362. The van der Waals surface area contributed by atoms with E-state index in [9.17, 15) is 29.9 Å². The molecule has 3 N–H and O–H groups in total. The van der Waals surface area contributed by atoms with Crippen molar-refractivity contribution >= 4 is 17.6 Å². The lowest BCUT2D eigenvalue weighted by molar-refractivity contribution is -0.385. The Bertz CT molecular complexity index is 587. The number of unbranched alkanes of at least 4 members (excludes halogenated alkanes) is 2. The van der Waals surface area contributed by atoms with Crippen molar-refractivity contribution < 1.29 is 24.7 Å². The number of phenols is 1. The fourth-order valence-corrected chi connectivity index (χ4v) is 2.08. The van der Waals surface area contributed by atoms with Crippen molar-refractivity contribution in [2.45, 2.75) is 45.1 Å². The summed E-state index contributed by atoms with van der Waals surface area (Å²) in [4.78, 5) is 33.0. The van der Waals surface area contributed by atoms with Gasteiger partial charge in [-0.15, -0.1) is 0 Å². The van der Waals surface area contributed by atoms with Gasteiger partial charge in [0.05, 0.1) is 4.92 Å². The summed E-state index contributed by atoms with van der Waals surface area (Å²) >= 11 is 0. The SMILES string of the molecule is CCCCCC(=O)N[C@H](Cc1ccc(O)c([N+](=O)[O-])c1)C(=O)O. The molecule has 0 heterocycles. The monoisotopic (exact) mass is 324 g/mol. The van der Waals surface area contributed by atoms with Crippen LogP contribution in [0.15, 0.2) is 18.2 Å². The van der Waals surface area contributed by atoms with E-state index < -0.39 is 28.4 Å². The van der Waals surface area contributed by atoms with Crippen LogP contribution in [0.3, 0.4) is 0 Å². The summed E-state index contributed by atoms with van der Waals surface area (Å²) in [6.45, 7) is 2.00. The number of carboxylic acids is 1. The van der Waals surface area contributed by atoms with Crippen molar-refractivity contribution in [1.29, 1.82) is 0 Å². The van der Waals surface area contributed by atoms with E-state index >= 15 is 0 Å². The Morgan fingerprint density at radius 2 is 2.04 bits per heavy atom. The highest BCUT2D eigenvalue weighted by Gasteiger charge is 2.22. The maximum absolute atomic E-state index is 11.7. The van der Waals surface area contributed by atoms with E-state index in [-0.39, 0.29) is 18.7 Å². The topological polar surface area (TPSA) is 130 Å². The molecule has 1 aromatic rings. The smallest absolute Gasteiger partial charge is 0.326 e. The molecule has 8 nitrogen and oxygen atoms in total. The summed E-state index contributed by atoms with van der Waals surface area (Å²) in [5.74, 6) is -2.07. The number of phenolic OH excluding ortho intramolecular Hbond substituents is 1. The minimum atomic E-state index is -1.22. The predicted molar refractivity (Wildman–Crippen MR) is 82.2 cm³/mol. The molecule has 0 spiro atoms. The van der Waals surface area contributed by atoms with E-state index in [1.807, 2.05) is 6.92 Å². The van der Waals surface area contributed by atoms with E-state index in [0.29, 0.717) is 12.0 Å². The molecule has 0 aliphatic carbocycles. The van der Waals surface area contributed by atoms with Crippen LogP contribution in [0.5, 0.6) is 5.75 Å². The van der Waals surface area contributed by atoms with Gasteiger partial charge >= 0.3 is 11.7 Å². The number of nitrogens with one attached hydrogen (secondary N) is 1. The molecule has 126 valence electrons. The van der Waals surface area contributed by atoms with E-state index in [4.69, 9.17) is 0 Å². The predicted octanol–water partition coefficient (Wildman–Crippen LogP) is 1.99. The van der Waals surface area contributed by atoms with Crippen molar-refractivity contribution in [2.24, 2.45) is 0 Å². The Kier molecular flexibility index (Phi) is 6.98. The van der Waals surface area contributed by atoms with Crippen LogP contribution < -0.4 is 5.32 Å². The summed E-state index contributed by atoms with van der Waals surface area (Å²) in [5.41, 5.74) is -0.156. The van der Waals surface area contributed by atoms with Crippen LogP contribution in [0, 0.1) is 10.1 Å². The van der Waals surface area contributed by atoms with E-state index in [1.165, 1.54) is 6.07 Å². The van der Waals surface area contributed by atoms with Gasteiger partial charge in [-0.3, -0.25) is 14.9 Å². The lowest BCUT2D eigenvalue weighted by atomic mass is 10.0. The minimum absolute atomic E-state index is 0.101. The van der Waals surface area contributed by atoms with Gasteiger partial charge in [0, 0.05) is 18.9 Å². The number of hydrogen-bond acceptors (Lipinski definition) is 5. The standard InChI is InChI=1S/C15H20N2O6/c1-2-3-4-5-14(19)16-11(15(20)21)8-10-6-7-13(18)12(9-10)17(22)23/h6-7,9,11,18H,2-5,8H2,1H3,(H,16,19)(H,20,21)/t11-/m1/s1. The van der Waals surface area contributed by atoms with Gasteiger partial charge in [0.1, 0.15) is 6.04 Å². The number of rotatable bonds is 9. The van der Waals surface area contributed by atoms with Gasteiger partial charge in [-0.05, 0) is 18.1 Å². The number of carbonyl (C=O) groups is 2. The van der Waals surface area contributed by atoms with Crippen LogP contribution >= 0.6 is 0 Å². The van der Waals surface area contributed by atoms with Crippen LogP contribution in [0.2, 0.25) is 0 Å². The molecule has 0 aliphatic rings. The molecule has 1 rings (SSSR count). The van der Waals surface area contributed by atoms with Gasteiger partial charge in [-0.1, -0.05) is 25.8 Å². The van der Waals surface area contributed by atoms with Crippen LogP contribution in [0.1, 0.15) is 38.2 Å². The van der Waals surface area contributed by atoms with Gasteiger partial charge in [0.2, 0.25) is 5.91 Å². The third-order valence-corrected chi connectivity index (χ3v) is 3.32. The zero-order chi connectivity index (χ0) is 17.4. The summed E-state index contributed by atoms with van der Waals surface area (Å²) in [6, 6.07) is 2.46. The molecule has 1 aromatic carbocycles. The molecule has 8 heteroatoms. The molecular formula is C15H20N2O6. The van der Waals surface area contributed by atoms with Gasteiger partial charge in [0.25, 0.3) is 0 Å². The molecule has 0 aromatic heterocycles. The summed E-state index contributed by atoms with van der Waals surface area (Å²) < 4.78 is 0. The number of benzene rings is 1. The maximum Gasteiger partial charge on any atom is 0.326 e. The fourth-order valence-electron chi connectivity index (χ4n) is 2.08. The third kappa shape index (κ3) is 5.93. The average Bonchev–Trinajstić information content (AvgIpc) is 2.48. The van der Waals surface area contributed by atoms with Gasteiger partial charge in [-0.25, -0.2) is 4.79 Å². The summed E-state index contributed by atoms with van der Waals surface area (Å²) in [6.07, 6.45) is 2.66. The van der Waals surface area contributed by atoms with E-state index in [1.54, 1.807) is 0 Å². The molecule has 0 aliphatic heterocycles. The number of carboxylic acid groups (broad SMARTS) is 1. The Labute approximate surface area is 133 Å². The first-order chi connectivity index (χ1) is 10.8. The molecule has 0 saturated heterocycles. The summed E-state index contributed by atoms with van der Waals surface area (Å²) in [5, 5.41) is 31.8. The lowest BCUT2D eigenvalue weighted by Crippen LogP contribution is -2.42. The summed E-state index contributed by atoms with van der Waals surface area (Å²) in [7, 11) is 0. The molecule has 0 fully saturated rings. The number of aromatic hydroxyl groups is 1. The number of carbonyl (C=O) groups excluding carboxylic acids is 1. The Hall–Kier alpha value is -2.64. The van der Waals surface area contributed by atoms with Crippen molar-refractivity contribution in [3.05, 3.63) is 33.9 Å².